The monoisotopic (exact) mass is 405 g/mol. The number of ether oxygens (including phenoxy) is 2. The zero-order valence-corrected chi connectivity index (χ0v) is 14.1. The van der Waals surface area contributed by atoms with Crippen LogP contribution in [0.1, 0.15) is 12.5 Å². The van der Waals surface area contributed by atoms with Crippen molar-refractivity contribution in [1.29, 1.82) is 0 Å². The van der Waals surface area contributed by atoms with E-state index in [0.29, 0.717) is 23.7 Å². The fourth-order valence-electron chi connectivity index (χ4n) is 1.43. The van der Waals surface area contributed by atoms with Crippen molar-refractivity contribution in [2.75, 3.05) is 20.8 Å². The molecule has 8 heteroatoms. The summed E-state index contributed by atoms with van der Waals surface area (Å²) in [5.41, 5.74) is 2.83. The Kier molecular flexibility index (Phi) is 6.92. The predicted octanol–water partition coefficient (Wildman–Crippen LogP) is 0.895. The Labute approximate surface area is 136 Å². The lowest BCUT2D eigenvalue weighted by atomic mass is 10.2. The van der Waals surface area contributed by atoms with Crippen LogP contribution in [0.2, 0.25) is 0 Å². The third kappa shape index (κ3) is 4.88. The van der Waals surface area contributed by atoms with Gasteiger partial charge in [-0.15, -0.1) is 0 Å². The summed E-state index contributed by atoms with van der Waals surface area (Å²) in [6, 6.07) is 3.55. The van der Waals surface area contributed by atoms with Gasteiger partial charge in [0.15, 0.2) is 11.5 Å². The molecule has 0 saturated carbocycles. The Hall–Kier alpha value is -1.84. The van der Waals surface area contributed by atoms with Crippen molar-refractivity contribution in [2.45, 2.75) is 6.92 Å². The van der Waals surface area contributed by atoms with E-state index in [1.165, 1.54) is 13.3 Å². The lowest BCUT2D eigenvalue weighted by Crippen LogP contribution is -2.35. The summed E-state index contributed by atoms with van der Waals surface area (Å²) < 4.78 is 11.6. The Morgan fingerprint density at radius 3 is 2.67 bits per heavy atom. The first-order chi connectivity index (χ1) is 10.0. The molecule has 0 saturated heterocycles. The highest BCUT2D eigenvalue weighted by molar-refractivity contribution is 14.1. The van der Waals surface area contributed by atoms with Crippen LogP contribution in [0.15, 0.2) is 17.2 Å². The number of halogens is 1. The molecule has 7 nitrogen and oxygen atoms in total. The number of hydrogen-bond donors (Lipinski definition) is 2. The van der Waals surface area contributed by atoms with Crippen molar-refractivity contribution in [3.8, 4) is 11.5 Å². The molecule has 0 aliphatic rings. The van der Waals surface area contributed by atoms with E-state index < -0.39 is 11.8 Å². The van der Waals surface area contributed by atoms with Crippen LogP contribution >= 0.6 is 22.6 Å². The molecule has 0 unspecified atom stereocenters. The minimum Gasteiger partial charge on any atom is -0.493 e. The quantitative estimate of drug-likeness (QED) is 0.330. The average Bonchev–Trinajstić information content (AvgIpc) is 2.48. The molecule has 1 aromatic carbocycles. The largest absolute Gasteiger partial charge is 0.493 e. The van der Waals surface area contributed by atoms with Crippen LogP contribution in [0.4, 0.5) is 0 Å². The summed E-state index contributed by atoms with van der Waals surface area (Å²) >= 11 is 2.12. The molecule has 0 aliphatic heterocycles. The SMILES string of the molecule is CCOc1c(I)cc(/C=N\NC(=O)C(=O)NC)cc1OC. The van der Waals surface area contributed by atoms with E-state index in [1.54, 1.807) is 13.2 Å². The normalized spacial score (nSPS) is 10.3. The number of rotatable bonds is 5. The van der Waals surface area contributed by atoms with Crippen molar-refractivity contribution in [2.24, 2.45) is 5.10 Å². The van der Waals surface area contributed by atoms with Crippen LogP contribution in [0.3, 0.4) is 0 Å². The van der Waals surface area contributed by atoms with Gasteiger partial charge in [-0.25, -0.2) is 5.43 Å². The summed E-state index contributed by atoms with van der Waals surface area (Å²) in [5, 5.41) is 5.92. The summed E-state index contributed by atoms with van der Waals surface area (Å²) in [4.78, 5) is 22.2. The van der Waals surface area contributed by atoms with Gasteiger partial charge >= 0.3 is 11.8 Å². The molecule has 0 heterocycles. The maximum atomic E-state index is 11.2. The van der Waals surface area contributed by atoms with E-state index in [2.05, 4.69) is 38.4 Å². The molecule has 0 aromatic heterocycles. The minimum atomic E-state index is -0.832. The second kappa shape index (κ2) is 8.45. The minimum absolute atomic E-state index is 0.530. The first kappa shape index (κ1) is 17.2. The highest BCUT2D eigenvalue weighted by Crippen LogP contribution is 2.33. The third-order valence-electron chi connectivity index (χ3n) is 2.35. The van der Waals surface area contributed by atoms with Crippen LogP contribution in [0.25, 0.3) is 0 Å². The Morgan fingerprint density at radius 1 is 1.38 bits per heavy atom. The van der Waals surface area contributed by atoms with Crippen LogP contribution in [-0.2, 0) is 9.59 Å². The van der Waals surface area contributed by atoms with Gasteiger partial charge in [0.2, 0.25) is 0 Å². The van der Waals surface area contributed by atoms with Crippen molar-refractivity contribution in [3.05, 3.63) is 21.3 Å². The lowest BCUT2D eigenvalue weighted by Gasteiger charge is -2.11. The van der Waals surface area contributed by atoms with Crippen molar-refractivity contribution < 1.29 is 19.1 Å². The van der Waals surface area contributed by atoms with E-state index in [1.807, 2.05) is 13.0 Å². The van der Waals surface area contributed by atoms with Gasteiger partial charge in [-0.2, -0.15) is 5.10 Å². The number of amides is 2. The van der Waals surface area contributed by atoms with Gasteiger partial charge in [-0.05, 0) is 47.2 Å². The molecule has 2 N–H and O–H groups in total. The van der Waals surface area contributed by atoms with Crippen molar-refractivity contribution in [1.82, 2.24) is 10.7 Å². The highest BCUT2D eigenvalue weighted by atomic mass is 127. The molecule has 0 radical (unpaired) electrons. The van der Waals surface area contributed by atoms with Gasteiger partial charge < -0.3 is 14.8 Å². The summed E-state index contributed by atoms with van der Waals surface area (Å²) in [5.74, 6) is -0.359. The molecular formula is C13H16IN3O4. The molecule has 114 valence electrons. The molecule has 1 rings (SSSR count). The fourth-order valence-corrected chi connectivity index (χ4v) is 2.21. The highest BCUT2D eigenvalue weighted by Gasteiger charge is 2.11. The Balaban J connectivity index is 2.87. The molecular weight excluding hydrogens is 389 g/mol. The van der Waals surface area contributed by atoms with E-state index in [0.717, 1.165) is 3.57 Å². The standard InChI is InChI=1S/C13H16IN3O4/c1-4-21-11-9(14)5-8(6-10(11)20-3)7-16-17-13(19)12(18)15-2/h5-7H,4H2,1-3H3,(H,15,18)(H,17,19)/b16-7-. The van der Waals surface area contributed by atoms with E-state index in [-0.39, 0.29) is 0 Å². The molecule has 2 amide bonds. The van der Waals surface area contributed by atoms with Crippen LogP contribution in [0.5, 0.6) is 11.5 Å². The number of hydrogen-bond acceptors (Lipinski definition) is 5. The number of nitrogens with zero attached hydrogens (tertiary/aromatic N) is 1. The first-order valence-electron chi connectivity index (χ1n) is 6.08. The summed E-state index contributed by atoms with van der Waals surface area (Å²) in [7, 11) is 2.91. The van der Waals surface area contributed by atoms with Gasteiger partial charge in [0.25, 0.3) is 0 Å². The molecule has 0 fully saturated rings. The second-order valence-corrected chi connectivity index (χ2v) is 4.91. The summed E-state index contributed by atoms with van der Waals surface area (Å²) in [6.45, 7) is 2.42. The van der Waals surface area contributed by atoms with Crippen LogP contribution < -0.4 is 20.2 Å². The predicted molar refractivity (Wildman–Crippen MR) is 86.7 cm³/mol. The van der Waals surface area contributed by atoms with Crippen LogP contribution in [-0.4, -0.2) is 38.8 Å². The Bertz CT molecular complexity index is 561. The number of methoxy groups -OCH3 is 1. The van der Waals surface area contributed by atoms with E-state index >= 15 is 0 Å². The molecule has 21 heavy (non-hydrogen) atoms. The van der Waals surface area contributed by atoms with Crippen molar-refractivity contribution >= 4 is 40.6 Å². The molecule has 0 spiro atoms. The van der Waals surface area contributed by atoms with Gasteiger partial charge in [0.1, 0.15) is 0 Å². The number of hydrazone groups is 1. The maximum Gasteiger partial charge on any atom is 0.329 e. The first-order valence-corrected chi connectivity index (χ1v) is 7.16. The number of nitrogens with one attached hydrogen (secondary N) is 2. The summed E-state index contributed by atoms with van der Waals surface area (Å²) in [6.07, 6.45) is 1.42. The molecule has 0 bridgehead atoms. The molecule has 0 aliphatic carbocycles. The zero-order valence-electron chi connectivity index (χ0n) is 11.9. The Morgan fingerprint density at radius 2 is 2.10 bits per heavy atom. The lowest BCUT2D eigenvalue weighted by molar-refractivity contribution is -0.138. The number of carbonyl (C=O) groups excluding carboxylic acids is 2. The van der Waals surface area contributed by atoms with E-state index in [4.69, 9.17) is 9.47 Å². The van der Waals surface area contributed by atoms with Crippen molar-refractivity contribution in [3.63, 3.8) is 0 Å². The van der Waals surface area contributed by atoms with E-state index in [9.17, 15) is 9.59 Å². The smallest absolute Gasteiger partial charge is 0.329 e. The maximum absolute atomic E-state index is 11.2. The second-order valence-electron chi connectivity index (χ2n) is 3.75. The number of benzene rings is 1. The number of carbonyl (C=O) groups is 2. The van der Waals surface area contributed by atoms with Gasteiger partial charge in [0.05, 0.1) is 23.5 Å². The van der Waals surface area contributed by atoms with Crippen LogP contribution in [0, 0.1) is 3.57 Å². The van der Waals surface area contributed by atoms with Gasteiger partial charge in [-0.1, -0.05) is 0 Å². The average molecular weight is 405 g/mol. The fraction of sp³-hybridized carbons (Fsp3) is 0.308. The number of likely N-dealkylation sites (N-methyl/N-ethyl adjacent to an activating group) is 1. The molecule has 0 atom stereocenters. The molecule has 1 aromatic rings. The topological polar surface area (TPSA) is 89.0 Å². The third-order valence-corrected chi connectivity index (χ3v) is 3.15. The van der Waals surface area contributed by atoms with Gasteiger partial charge in [-0.3, -0.25) is 9.59 Å². The van der Waals surface area contributed by atoms with Gasteiger partial charge in [0, 0.05) is 7.05 Å². The zero-order chi connectivity index (χ0) is 15.8.